The van der Waals surface area contributed by atoms with Gasteiger partial charge in [0.1, 0.15) is 6.54 Å². The van der Waals surface area contributed by atoms with Gasteiger partial charge in [-0.2, -0.15) is 0 Å². The van der Waals surface area contributed by atoms with Gasteiger partial charge in [0.2, 0.25) is 5.91 Å². The number of nitrogens with one attached hydrogen (secondary N) is 2. The van der Waals surface area contributed by atoms with Gasteiger partial charge in [-0.1, -0.05) is 12.1 Å². The van der Waals surface area contributed by atoms with Crippen LogP contribution in [0.4, 0.5) is 16.2 Å². The summed E-state index contributed by atoms with van der Waals surface area (Å²) in [6.07, 6.45) is -1.10. The quantitative estimate of drug-likeness (QED) is 0.644. The number of carboxylic acid groups (broad SMARTS) is 1. The molecule has 0 saturated carbocycles. The number of benzene rings is 2. The molecule has 2 aromatic carbocycles. The van der Waals surface area contributed by atoms with Crippen LogP contribution in [-0.2, 0) is 4.79 Å². The lowest BCUT2D eigenvalue weighted by atomic mass is 10.2. The predicted molar refractivity (Wildman–Crippen MR) is 102 cm³/mol. The number of fused-ring (bicyclic) bond motifs is 1. The van der Waals surface area contributed by atoms with E-state index in [1.807, 2.05) is 24.3 Å². The lowest BCUT2D eigenvalue weighted by molar-refractivity contribution is -0.120. The molecule has 0 spiro atoms. The molecule has 1 aliphatic rings. The van der Waals surface area contributed by atoms with Crippen molar-refractivity contribution in [1.29, 1.82) is 0 Å². The number of hydrogen-bond acceptors (Lipinski definition) is 4. The molecule has 2 heterocycles. The van der Waals surface area contributed by atoms with Crippen LogP contribution in [0.1, 0.15) is 10.6 Å². The first-order chi connectivity index (χ1) is 13.5. The van der Waals surface area contributed by atoms with Crippen molar-refractivity contribution in [1.82, 2.24) is 14.9 Å². The Labute approximate surface area is 159 Å². The number of imidazole rings is 1. The Bertz CT molecular complexity index is 1030. The van der Waals surface area contributed by atoms with E-state index in [1.165, 1.54) is 4.90 Å². The zero-order valence-corrected chi connectivity index (χ0v) is 14.8. The van der Waals surface area contributed by atoms with Gasteiger partial charge >= 0.3 is 6.09 Å². The number of piperazine rings is 1. The minimum absolute atomic E-state index is 0.167. The molecule has 3 N–H and O–H groups in total. The number of rotatable bonds is 3. The minimum atomic E-state index is -1.10. The molecule has 1 saturated heterocycles. The Hall–Kier alpha value is -3.88. The molecular weight excluding hydrogens is 362 g/mol. The number of carbonyl (C=O) groups is 3. The van der Waals surface area contributed by atoms with Crippen molar-refractivity contribution in [3.05, 3.63) is 54.4 Å². The molecule has 1 aliphatic heterocycles. The van der Waals surface area contributed by atoms with E-state index in [4.69, 9.17) is 5.11 Å². The van der Waals surface area contributed by atoms with E-state index in [2.05, 4.69) is 15.3 Å². The Kier molecular flexibility index (Phi) is 4.40. The summed E-state index contributed by atoms with van der Waals surface area (Å²) in [7, 11) is 0. The number of aromatic amines is 1. The summed E-state index contributed by atoms with van der Waals surface area (Å²) in [5.74, 6) is -0.437. The smallest absolute Gasteiger partial charge is 0.407 e. The van der Waals surface area contributed by atoms with Crippen molar-refractivity contribution in [2.75, 3.05) is 29.9 Å². The largest absolute Gasteiger partial charge is 0.465 e. The van der Waals surface area contributed by atoms with Gasteiger partial charge in [0.15, 0.2) is 5.82 Å². The molecule has 0 aliphatic carbocycles. The predicted octanol–water partition coefficient (Wildman–Crippen LogP) is 2.14. The molecule has 3 amide bonds. The molecule has 1 aromatic heterocycles. The summed E-state index contributed by atoms with van der Waals surface area (Å²) in [5, 5.41) is 11.7. The second kappa shape index (κ2) is 7.03. The number of hydrogen-bond donors (Lipinski definition) is 3. The van der Waals surface area contributed by atoms with Crippen LogP contribution < -0.4 is 10.2 Å². The molecule has 142 valence electrons. The average molecular weight is 379 g/mol. The van der Waals surface area contributed by atoms with E-state index < -0.39 is 6.09 Å². The first-order valence-corrected chi connectivity index (χ1v) is 8.65. The lowest BCUT2D eigenvalue weighted by Crippen LogP contribution is -2.52. The average Bonchev–Trinajstić information content (AvgIpc) is 3.13. The maximum atomic E-state index is 12.4. The monoisotopic (exact) mass is 379 g/mol. The van der Waals surface area contributed by atoms with E-state index in [9.17, 15) is 14.4 Å². The van der Waals surface area contributed by atoms with Crippen molar-refractivity contribution in [3.8, 4) is 0 Å². The minimum Gasteiger partial charge on any atom is -0.465 e. The summed E-state index contributed by atoms with van der Waals surface area (Å²) < 4.78 is 0. The highest BCUT2D eigenvalue weighted by atomic mass is 16.4. The van der Waals surface area contributed by atoms with E-state index >= 15 is 0 Å². The third kappa shape index (κ3) is 3.37. The summed E-state index contributed by atoms with van der Waals surface area (Å²) in [6.45, 7) is 0.376. The van der Waals surface area contributed by atoms with Gasteiger partial charge in [-0.3, -0.25) is 14.5 Å². The summed E-state index contributed by atoms with van der Waals surface area (Å²) in [6, 6.07) is 14.2. The van der Waals surface area contributed by atoms with Gasteiger partial charge < -0.3 is 20.3 Å². The van der Waals surface area contributed by atoms with Crippen LogP contribution in [-0.4, -0.2) is 57.5 Å². The Morgan fingerprint density at radius 1 is 1.07 bits per heavy atom. The molecule has 9 nitrogen and oxygen atoms in total. The molecule has 4 rings (SSSR count). The molecule has 0 radical (unpaired) electrons. The van der Waals surface area contributed by atoms with Gasteiger partial charge in [0.25, 0.3) is 5.91 Å². The fraction of sp³-hybridized carbons (Fsp3) is 0.158. The number of amides is 3. The van der Waals surface area contributed by atoms with Gasteiger partial charge in [0, 0.05) is 24.5 Å². The van der Waals surface area contributed by atoms with E-state index in [0.29, 0.717) is 16.9 Å². The first kappa shape index (κ1) is 17.5. The second-order valence-corrected chi connectivity index (χ2v) is 6.35. The zero-order valence-electron chi connectivity index (χ0n) is 14.8. The van der Waals surface area contributed by atoms with Gasteiger partial charge in [-0.15, -0.1) is 0 Å². The Morgan fingerprint density at radius 2 is 1.82 bits per heavy atom. The first-order valence-electron chi connectivity index (χ1n) is 8.65. The van der Waals surface area contributed by atoms with Crippen molar-refractivity contribution in [2.45, 2.75) is 0 Å². The van der Waals surface area contributed by atoms with Crippen molar-refractivity contribution in [2.24, 2.45) is 0 Å². The fourth-order valence-electron chi connectivity index (χ4n) is 3.08. The van der Waals surface area contributed by atoms with Crippen LogP contribution >= 0.6 is 0 Å². The molecule has 1 fully saturated rings. The number of carbonyl (C=O) groups excluding carboxylic acids is 2. The lowest BCUT2D eigenvalue weighted by Gasteiger charge is -2.32. The maximum absolute atomic E-state index is 12.4. The SMILES string of the molecule is O=C(Nc1ccc(N2CCN(C(=O)O)CC2=O)cc1)c1nc2ccccc2[nH]1. The molecule has 28 heavy (non-hydrogen) atoms. The van der Waals surface area contributed by atoms with Crippen molar-refractivity contribution < 1.29 is 19.5 Å². The third-order valence-electron chi connectivity index (χ3n) is 4.53. The van der Waals surface area contributed by atoms with Crippen LogP contribution in [0.2, 0.25) is 0 Å². The van der Waals surface area contributed by atoms with Crippen LogP contribution in [0.3, 0.4) is 0 Å². The highest BCUT2D eigenvalue weighted by Gasteiger charge is 2.27. The normalized spacial score (nSPS) is 14.4. The van der Waals surface area contributed by atoms with Crippen LogP contribution in [0.25, 0.3) is 11.0 Å². The van der Waals surface area contributed by atoms with Crippen LogP contribution in [0.15, 0.2) is 48.5 Å². The molecule has 0 unspecified atom stereocenters. The molecule has 9 heteroatoms. The van der Waals surface area contributed by atoms with Gasteiger partial charge in [-0.25, -0.2) is 9.78 Å². The number of anilines is 2. The fourth-order valence-corrected chi connectivity index (χ4v) is 3.08. The number of aromatic nitrogens is 2. The van der Waals surface area contributed by atoms with Crippen LogP contribution in [0, 0.1) is 0 Å². The van der Waals surface area contributed by atoms with Crippen molar-refractivity contribution >= 4 is 40.3 Å². The summed E-state index contributed by atoms with van der Waals surface area (Å²) in [5.41, 5.74) is 2.70. The molecule has 3 aromatic rings. The van der Waals surface area contributed by atoms with Gasteiger partial charge in [-0.05, 0) is 36.4 Å². The van der Waals surface area contributed by atoms with Crippen LogP contribution in [0.5, 0.6) is 0 Å². The maximum Gasteiger partial charge on any atom is 0.407 e. The highest BCUT2D eigenvalue weighted by molar-refractivity contribution is 6.03. The third-order valence-corrected chi connectivity index (χ3v) is 4.53. The number of para-hydroxylation sites is 2. The molecule has 0 bridgehead atoms. The number of nitrogens with zero attached hydrogens (tertiary/aromatic N) is 3. The van der Waals surface area contributed by atoms with E-state index in [0.717, 1.165) is 10.4 Å². The topological polar surface area (TPSA) is 119 Å². The summed E-state index contributed by atoms with van der Waals surface area (Å²) >= 11 is 0. The van der Waals surface area contributed by atoms with E-state index in [-0.39, 0.29) is 37.3 Å². The Morgan fingerprint density at radius 3 is 2.50 bits per heavy atom. The standard InChI is InChI=1S/C19H17N5O4/c25-16-11-23(19(27)28)9-10-24(16)13-7-5-12(6-8-13)20-18(26)17-21-14-3-1-2-4-15(14)22-17/h1-8H,9-11H2,(H,20,26)(H,21,22)(H,27,28). The Balaban J connectivity index is 1.44. The summed E-state index contributed by atoms with van der Waals surface area (Å²) in [4.78, 5) is 45.4. The zero-order chi connectivity index (χ0) is 19.7. The second-order valence-electron chi connectivity index (χ2n) is 6.35. The molecule has 0 atom stereocenters. The van der Waals surface area contributed by atoms with Crippen molar-refractivity contribution in [3.63, 3.8) is 0 Å². The molecular formula is C19H17N5O4. The highest BCUT2D eigenvalue weighted by Crippen LogP contribution is 2.21. The van der Waals surface area contributed by atoms with Gasteiger partial charge in [0.05, 0.1) is 11.0 Å². The van der Waals surface area contributed by atoms with E-state index in [1.54, 1.807) is 24.3 Å². The number of H-pyrrole nitrogens is 1.